The molecule has 0 saturated carbocycles. The fraction of sp³-hybridized carbons (Fsp3) is 0.0909. The van der Waals surface area contributed by atoms with E-state index in [9.17, 15) is 4.79 Å². The maximum Gasteiger partial charge on any atom is 0.293 e. The minimum Gasteiger partial charge on any atom is -0.338 e. The number of carbonyl (C=O) groups excluding carboxylic acids is 1. The SMILES string of the molecule is Cc1ccccc1NC(=O)c1nccn1N. The predicted octanol–water partition coefficient (Wildman–Crippen LogP) is 1.16. The number of anilines is 1. The minimum atomic E-state index is -0.318. The van der Waals surface area contributed by atoms with E-state index < -0.39 is 0 Å². The van der Waals surface area contributed by atoms with Gasteiger partial charge in [-0.25, -0.2) is 9.66 Å². The van der Waals surface area contributed by atoms with Crippen molar-refractivity contribution in [1.29, 1.82) is 0 Å². The zero-order valence-corrected chi connectivity index (χ0v) is 8.84. The lowest BCUT2D eigenvalue weighted by Gasteiger charge is -2.07. The Hall–Kier alpha value is -2.30. The van der Waals surface area contributed by atoms with Gasteiger partial charge in [-0.2, -0.15) is 0 Å². The predicted molar refractivity (Wildman–Crippen MR) is 61.5 cm³/mol. The van der Waals surface area contributed by atoms with Gasteiger partial charge in [0, 0.05) is 18.1 Å². The van der Waals surface area contributed by atoms with Crippen LogP contribution in [0.5, 0.6) is 0 Å². The second-order valence-electron chi connectivity index (χ2n) is 3.43. The summed E-state index contributed by atoms with van der Waals surface area (Å²) < 4.78 is 1.19. The first-order chi connectivity index (χ1) is 7.68. The van der Waals surface area contributed by atoms with Gasteiger partial charge in [0.25, 0.3) is 5.91 Å². The highest BCUT2D eigenvalue weighted by Crippen LogP contribution is 2.13. The van der Waals surface area contributed by atoms with Crippen molar-refractivity contribution in [3.8, 4) is 0 Å². The van der Waals surface area contributed by atoms with Crippen LogP contribution < -0.4 is 11.2 Å². The summed E-state index contributed by atoms with van der Waals surface area (Å²) in [6.07, 6.45) is 3.00. The van der Waals surface area contributed by atoms with E-state index in [4.69, 9.17) is 5.84 Å². The van der Waals surface area contributed by atoms with Gasteiger partial charge in [0.2, 0.25) is 5.82 Å². The summed E-state index contributed by atoms with van der Waals surface area (Å²) >= 11 is 0. The molecular formula is C11H12N4O. The monoisotopic (exact) mass is 216 g/mol. The van der Waals surface area contributed by atoms with Crippen molar-refractivity contribution in [1.82, 2.24) is 9.66 Å². The summed E-state index contributed by atoms with van der Waals surface area (Å²) in [6, 6.07) is 7.52. The molecule has 1 amide bonds. The van der Waals surface area contributed by atoms with E-state index in [0.29, 0.717) is 0 Å². The number of rotatable bonds is 2. The van der Waals surface area contributed by atoms with E-state index in [0.717, 1.165) is 11.3 Å². The summed E-state index contributed by atoms with van der Waals surface area (Å²) in [7, 11) is 0. The molecule has 0 bridgehead atoms. The van der Waals surface area contributed by atoms with E-state index in [1.807, 2.05) is 31.2 Å². The average Bonchev–Trinajstić information content (AvgIpc) is 2.68. The van der Waals surface area contributed by atoms with Crippen molar-refractivity contribution in [2.75, 3.05) is 11.2 Å². The molecule has 1 aromatic carbocycles. The van der Waals surface area contributed by atoms with Gasteiger partial charge in [0.05, 0.1) is 0 Å². The smallest absolute Gasteiger partial charge is 0.293 e. The van der Waals surface area contributed by atoms with Gasteiger partial charge in [-0.05, 0) is 18.6 Å². The molecule has 5 heteroatoms. The number of aromatic nitrogens is 2. The van der Waals surface area contributed by atoms with Crippen LogP contribution in [0, 0.1) is 6.92 Å². The van der Waals surface area contributed by atoms with Crippen molar-refractivity contribution in [2.24, 2.45) is 0 Å². The van der Waals surface area contributed by atoms with Crippen molar-refractivity contribution in [3.05, 3.63) is 48.0 Å². The Bertz CT molecular complexity index is 518. The molecule has 1 aromatic heterocycles. The van der Waals surface area contributed by atoms with Gasteiger partial charge in [-0.3, -0.25) is 4.79 Å². The molecule has 3 N–H and O–H groups in total. The zero-order valence-electron chi connectivity index (χ0n) is 8.84. The van der Waals surface area contributed by atoms with Gasteiger partial charge in [0.1, 0.15) is 0 Å². The standard InChI is InChI=1S/C11H12N4O/c1-8-4-2-3-5-9(8)14-11(16)10-13-6-7-15(10)12/h2-7H,12H2,1H3,(H,14,16). The summed E-state index contributed by atoms with van der Waals surface area (Å²) in [5, 5.41) is 2.75. The number of nitrogens with one attached hydrogen (secondary N) is 1. The number of imidazole rings is 1. The van der Waals surface area contributed by atoms with Crippen LogP contribution in [0.1, 0.15) is 16.2 Å². The summed E-state index contributed by atoms with van der Waals surface area (Å²) in [4.78, 5) is 15.6. The van der Waals surface area contributed by atoms with Crippen LogP contribution >= 0.6 is 0 Å². The molecule has 0 unspecified atom stereocenters. The number of nitrogen functional groups attached to an aromatic ring is 1. The van der Waals surface area contributed by atoms with Gasteiger partial charge < -0.3 is 11.2 Å². The topological polar surface area (TPSA) is 72.9 Å². The number of benzene rings is 1. The Morgan fingerprint density at radius 1 is 1.44 bits per heavy atom. The lowest BCUT2D eigenvalue weighted by Crippen LogP contribution is -2.22. The van der Waals surface area contributed by atoms with E-state index in [-0.39, 0.29) is 11.7 Å². The Morgan fingerprint density at radius 3 is 2.81 bits per heavy atom. The largest absolute Gasteiger partial charge is 0.338 e. The maximum atomic E-state index is 11.8. The average molecular weight is 216 g/mol. The first-order valence-corrected chi connectivity index (χ1v) is 4.84. The van der Waals surface area contributed by atoms with Gasteiger partial charge in [-0.1, -0.05) is 18.2 Å². The second-order valence-corrected chi connectivity index (χ2v) is 3.43. The zero-order chi connectivity index (χ0) is 11.5. The van der Waals surface area contributed by atoms with Crippen LogP contribution in [0.15, 0.2) is 36.7 Å². The van der Waals surface area contributed by atoms with Crippen LogP contribution in [0.3, 0.4) is 0 Å². The van der Waals surface area contributed by atoms with Gasteiger partial charge in [0.15, 0.2) is 0 Å². The van der Waals surface area contributed by atoms with Crippen LogP contribution in [-0.4, -0.2) is 15.6 Å². The third-order valence-electron chi connectivity index (χ3n) is 2.27. The number of amides is 1. The normalized spacial score (nSPS) is 10.1. The third kappa shape index (κ3) is 1.88. The quantitative estimate of drug-likeness (QED) is 0.740. The van der Waals surface area contributed by atoms with Crippen molar-refractivity contribution in [3.63, 3.8) is 0 Å². The van der Waals surface area contributed by atoms with Crippen LogP contribution in [-0.2, 0) is 0 Å². The number of aryl methyl sites for hydroxylation is 1. The number of hydrogen-bond acceptors (Lipinski definition) is 3. The van der Waals surface area contributed by atoms with E-state index >= 15 is 0 Å². The Kier molecular flexibility index (Phi) is 2.59. The summed E-state index contributed by atoms with van der Waals surface area (Å²) in [5.41, 5.74) is 1.75. The van der Waals surface area contributed by atoms with Crippen molar-refractivity contribution >= 4 is 11.6 Å². The van der Waals surface area contributed by atoms with E-state index in [1.165, 1.54) is 17.1 Å². The highest BCUT2D eigenvalue weighted by Gasteiger charge is 2.11. The second kappa shape index (κ2) is 4.06. The van der Waals surface area contributed by atoms with Crippen molar-refractivity contribution < 1.29 is 4.79 Å². The first kappa shape index (κ1) is 10.2. The van der Waals surface area contributed by atoms with E-state index in [2.05, 4.69) is 10.3 Å². The molecule has 0 aliphatic heterocycles. The fourth-order valence-corrected chi connectivity index (χ4v) is 1.38. The molecule has 82 valence electrons. The minimum absolute atomic E-state index is 0.184. The van der Waals surface area contributed by atoms with Crippen LogP contribution in [0.2, 0.25) is 0 Å². The van der Waals surface area contributed by atoms with Crippen LogP contribution in [0.25, 0.3) is 0 Å². The fourth-order valence-electron chi connectivity index (χ4n) is 1.38. The molecule has 5 nitrogen and oxygen atoms in total. The molecule has 0 aliphatic carbocycles. The number of nitrogens with zero attached hydrogens (tertiary/aromatic N) is 2. The molecular weight excluding hydrogens is 204 g/mol. The third-order valence-corrected chi connectivity index (χ3v) is 2.27. The Labute approximate surface area is 92.9 Å². The van der Waals surface area contributed by atoms with Gasteiger partial charge in [-0.15, -0.1) is 0 Å². The lowest BCUT2D eigenvalue weighted by atomic mass is 10.2. The molecule has 0 fully saturated rings. The number of nitrogens with two attached hydrogens (primary N) is 1. The van der Waals surface area contributed by atoms with E-state index in [1.54, 1.807) is 0 Å². The molecule has 2 rings (SSSR count). The molecule has 0 saturated heterocycles. The Balaban J connectivity index is 2.21. The molecule has 2 aromatic rings. The molecule has 16 heavy (non-hydrogen) atoms. The number of carbonyl (C=O) groups is 1. The lowest BCUT2D eigenvalue weighted by molar-refractivity contribution is 0.101. The van der Waals surface area contributed by atoms with Gasteiger partial charge >= 0.3 is 0 Å². The number of para-hydroxylation sites is 1. The summed E-state index contributed by atoms with van der Waals surface area (Å²) in [6.45, 7) is 1.92. The molecule has 0 atom stereocenters. The highest BCUT2D eigenvalue weighted by atomic mass is 16.2. The highest BCUT2D eigenvalue weighted by molar-refractivity contribution is 6.02. The first-order valence-electron chi connectivity index (χ1n) is 4.84. The molecule has 0 aliphatic rings. The molecule has 1 heterocycles. The van der Waals surface area contributed by atoms with Crippen molar-refractivity contribution in [2.45, 2.75) is 6.92 Å². The maximum absolute atomic E-state index is 11.8. The van der Waals surface area contributed by atoms with Crippen LogP contribution in [0.4, 0.5) is 5.69 Å². The molecule has 0 spiro atoms. The number of hydrogen-bond donors (Lipinski definition) is 2. The Morgan fingerprint density at radius 2 is 2.19 bits per heavy atom. The summed E-state index contributed by atoms with van der Waals surface area (Å²) in [5.74, 6) is 5.39. The molecule has 0 radical (unpaired) electrons.